The second-order valence-corrected chi connectivity index (χ2v) is 6.56. The maximum absolute atomic E-state index is 13.5. The van der Waals surface area contributed by atoms with Gasteiger partial charge in [0.15, 0.2) is 4.92 Å². The maximum Gasteiger partial charge on any atom is 0.466 e. The van der Waals surface area contributed by atoms with Crippen LogP contribution >= 0.6 is 23.2 Å². The molecule has 0 aliphatic heterocycles. The molecule has 1 aromatic carbocycles. The molecule has 1 heterocycles. The zero-order chi connectivity index (χ0) is 18.1. The fourth-order valence-corrected chi connectivity index (χ4v) is 3.36. The van der Waals surface area contributed by atoms with Crippen LogP contribution < -0.4 is 9.46 Å². The summed E-state index contributed by atoms with van der Waals surface area (Å²) in [6, 6.07) is 3.88. The van der Waals surface area contributed by atoms with Crippen molar-refractivity contribution in [2.45, 2.75) is 4.90 Å². The second kappa shape index (κ2) is 6.71. The molecule has 24 heavy (non-hydrogen) atoms. The highest BCUT2D eigenvalue weighted by molar-refractivity contribution is 7.92. The summed E-state index contributed by atoms with van der Waals surface area (Å²) < 4.78 is 44.9. The zero-order valence-corrected chi connectivity index (χ0v) is 14.0. The van der Waals surface area contributed by atoms with Gasteiger partial charge in [0.2, 0.25) is 0 Å². The van der Waals surface area contributed by atoms with E-state index in [4.69, 9.17) is 33.1 Å². The van der Waals surface area contributed by atoms with E-state index in [1.54, 1.807) is 0 Å². The Bertz CT molecular complexity index is 925. The van der Waals surface area contributed by atoms with Crippen LogP contribution in [0.2, 0.25) is 10.0 Å². The molecule has 0 fully saturated rings. The van der Waals surface area contributed by atoms with Gasteiger partial charge in [-0.05, 0) is 22.0 Å². The standard InChI is InChI=1S/C11H8Cl2FN4O5S/c1-23-11-9(16-10(18(19)20)8(14)15-11)17-24(21,22)6-4-2-3-5(12)7(6)13/h2-4H,1H3,(H,16,17)(H,19,20)/q+1. The third kappa shape index (κ3) is 3.47. The Hall–Kier alpha value is -2.24. The zero-order valence-electron chi connectivity index (χ0n) is 11.7. The van der Waals surface area contributed by atoms with Crippen LogP contribution in [0.25, 0.3) is 0 Å². The number of methoxy groups -OCH3 is 1. The van der Waals surface area contributed by atoms with E-state index >= 15 is 0 Å². The summed E-state index contributed by atoms with van der Waals surface area (Å²) in [6.07, 6.45) is 0. The number of halogens is 3. The van der Waals surface area contributed by atoms with Crippen molar-refractivity contribution in [2.75, 3.05) is 11.8 Å². The molecule has 128 valence electrons. The molecule has 13 heteroatoms. The van der Waals surface area contributed by atoms with E-state index < -0.39 is 43.3 Å². The average Bonchev–Trinajstić information content (AvgIpc) is 2.50. The van der Waals surface area contributed by atoms with Gasteiger partial charge in [0, 0.05) is 0 Å². The molecule has 1 aromatic heterocycles. The van der Waals surface area contributed by atoms with Crippen LogP contribution in [0.5, 0.6) is 5.88 Å². The SMILES string of the molecule is COc1nc(F)c([N+](=O)O)nc1NS(=O)(=O)c1cccc(Cl)c1Cl. The Labute approximate surface area is 144 Å². The lowest BCUT2D eigenvalue weighted by Crippen LogP contribution is -2.17. The van der Waals surface area contributed by atoms with E-state index in [0.29, 0.717) is 0 Å². The van der Waals surface area contributed by atoms with Gasteiger partial charge in [0.1, 0.15) is 4.90 Å². The van der Waals surface area contributed by atoms with Crippen molar-refractivity contribution in [2.24, 2.45) is 0 Å². The Morgan fingerprint density at radius 1 is 1.33 bits per heavy atom. The number of hydrogen-bond donors (Lipinski definition) is 2. The summed E-state index contributed by atoms with van der Waals surface area (Å²) in [5.74, 6) is -3.83. The van der Waals surface area contributed by atoms with Gasteiger partial charge in [-0.15, -0.1) is 0 Å². The number of rotatable bonds is 5. The largest absolute Gasteiger partial charge is 0.477 e. The number of anilines is 1. The quantitative estimate of drug-likeness (QED) is 0.743. The topological polar surface area (TPSA) is 121 Å². The monoisotopic (exact) mass is 397 g/mol. The molecule has 0 unspecified atom stereocenters. The van der Waals surface area contributed by atoms with Crippen LogP contribution in [0, 0.1) is 10.9 Å². The van der Waals surface area contributed by atoms with Crippen LogP contribution in [0.4, 0.5) is 16.0 Å². The van der Waals surface area contributed by atoms with Crippen molar-refractivity contribution in [1.82, 2.24) is 9.97 Å². The van der Waals surface area contributed by atoms with Gasteiger partial charge in [0.05, 0.1) is 17.2 Å². The molecule has 0 atom stereocenters. The summed E-state index contributed by atoms with van der Waals surface area (Å²) in [6.45, 7) is 0. The molecule has 9 nitrogen and oxygen atoms in total. The second-order valence-electron chi connectivity index (χ2n) is 4.13. The lowest BCUT2D eigenvalue weighted by molar-refractivity contribution is -0.733. The Morgan fingerprint density at radius 2 is 2.00 bits per heavy atom. The number of nitrogens with one attached hydrogen (secondary N) is 1. The normalized spacial score (nSPS) is 11.2. The van der Waals surface area contributed by atoms with Gasteiger partial charge in [0.25, 0.3) is 15.9 Å². The van der Waals surface area contributed by atoms with Crippen LogP contribution in [0.1, 0.15) is 0 Å². The van der Waals surface area contributed by atoms with E-state index in [-0.39, 0.29) is 10.0 Å². The van der Waals surface area contributed by atoms with Crippen molar-refractivity contribution in [3.63, 3.8) is 0 Å². The molecule has 0 amide bonds. The summed E-state index contributed by atoms with van der Waals surface area (Å²) in [4.78, 5) is 16.1. The molecule has 0 saturated carbocycles. The molecule has 2 N–H and O–H groups in total. The van der Waals surface area contributed by atoms with Gasteiger partial charge in [-0.3, -0.25) is 0 Å². The van der Waals surface area contributed by atoms with Crippen molar-refractivity contribution in [3.05, 3.63) is 39.1 Å². The molecule has 0 spiro atoms. The van der Waals surface area contributed by atoms with Crippen LogP contribution in [-0.4, -0.2) is 35.6 Å². The molecular weight excluding hydrogens is 390 g/mol. The molecule has 0 aliphatic rings. The lowest BCUT2D eigenvalue weighted by Gasteiger charge is -2.09. The number of hydrogen-bond acceptors (Lipinski definition) is 6. The first kappa shape index (κ1) is 18.1. The smallest absolute Gasteiger partial charge is 0.466 e. The highest BCUT2D eigenvalue weighted by Crippen LogP contribution is 2.32. The van der Waals surface area contributed by atoms with Crippen molar-refractivity contribution < 1.29 is 27.7 Å². The summed E-state index contributed by atoms with van der Waals surface area (Å²) in [5, 5.41) is 8.50. The number of ether oxygens (including phenoxy) is 1. The van der Waals surface area contributed by atoms with Gasteiger partial charge in [-0.2, -0.15) is 9.37 Å². The van der Waals surface area contributed by atoms with E-state index in [0.717, 1.165) is 13.2 Å². The minimum atomic E-state index is -4.33. The first-order valence-electron chi connectivity index (χ1n) is 5.92. The maximum atomic E-state index is 13.5. The van der Waals surface area contributed by atoms with Gasteiger partial charge in [-0.25, -0.2) is 13.1 Å². The average molecular weight is 398 g/mol. The molecular formula is C11H8Cl2FN4O5S+. The summed E-state index contributed by atoms with van der Waals surface area (Å²) in [7, 11) is -3.26. The van der Waals surface area contributed by atoms with E-state index in [2.05, 4.69) is 9.97 Å². The molecule has 0 radical (unpaired) electrons. The van der Waals surface area contributed by atoms with E-state index in [1.165, 1.54) is 12.1 Å². The summed E-state index contributed by atoms with van der Waals surface area (Å²) in [5.41, 5.74) is 0. The lowest BCUT2D eigenvalue weighted by atomic mass is 10.4. The first-order valence-corrected chi connectivity index (χ1v) is 8.15. The molecule has 0 aliphatic carbocycles. The van der Waals surface area contributed by atoms with Gasteiger partial charge >= 0.3 is 17.6 Å². The first-order chi connectivity index (χ1) is 11.2. The third-order valence-corrected chi connectivity index (χ3v) is 4.93. The van der Waals surface area contributed by atoms with Crippen molar-refractivity contribution in [1.29, 1.82) is 0 Å². The fraction of sp³-hybridized carbons (Fsp3) is 0.0909. The number of sulfonamides is 1. The summed E-state index contributed by atoms with van der Waals surface area (Å²) >= 11 is 11.6. The van der Waals surface area contributed by atoms with Crippen LogP contribution in [-0.2, 0) is 10.0 Å². The molecule has 0 saturated heterocycles. The Kier molecular flexibility index (Phi) is 5.06. The van der Waals surface area contributed by atoms with E-state index in [9.17, 15) is 17.7 Å². The van der Waals surface area contributed by atoms with Crippen molar-refractivity contribution >= 4 is 44.9 Å². The third-order valence-electron chi connectivity index (χ3n) is 2.62. The number of aromatic nitrogens is 2. The predicted octanol–water partition coefficient (Wildman–Crippen LogP) is 2.53. The minimum Gasteiger partial charge on any atom is -0.477 e. The van der Waals surface area contributed by atoms with E-state index in [1.807, 2.05) is 4.72 Å². The minimum absolute atomic E-state index is 0.0153. The van der Waals surface area contributed by atoms with Gasteiger partial charge < -0.3 is 9.94 Å². The van der Waals surface area contributed by atoms with Gasteiger partial charge in [-0.1, -0.05) is 29.3 Å². The van der Waals surface area contributed by atoms with Crippen LogP contribution in [0.15, 0.2) is 23.1 Å². The fourth-order valence-electron chi connectivity index (χ4n) is 1.60. The van der Waals surface area contributed by atoms with Crippen molar-refractivity contribution in [3.8, 4) is 5.88 Å². The number of nitrogens with zero attached hydrogens (tertiary/aromatic N) is 3. The number of benzene rings is 1. The predicted molar refractivity (Wildman–Crippen MR) is 80.9 cm³/mol. The molecule has 0 bridgehead atoms. The Balaban J connectivity index is 2.55. The Morgan fingerprint density at radius 3 is 2.58 bits per heavy atom. The molecule has 2 rings (SSSR count). The molecule has 2 aromatic rings. The van der Waals surface area contributed by atoms with Crippen LogP contribution in [0.3, 0.4) is 0 Å². The highest BCUT2D eigenvalue weighted by Gasteiger charge is 2.31. The highest BCUT2D eigenvalue weighted by atomic mass is 35.5.